The SMILES string of the molecule is NC(Cc1cc(F)ccc1F)C1CCN(C(=O)C2CCC(F)(F)C2)CC1. The standard InChI is InChI=1S/C19H24F4N2O/c20-15-1-2-16(21)14(9-15)10-17(24)12-4-7-25(8-5-12)18(26)13-3-6-19(22,23)11-13/h1-2,9,12-13,17H,3-8,10-11,24H2. The molecule has 0 aromatic heterocycles. The highest BCUT2D eigenvalue weighted by atomic mass is 19.3. The number of carbonyl (C=O) groups excluding carboxylic acids is 1. The lowest BCUT2D eigenvalue weighted by molar-refractivity contribution is -0.137. The Kier molecular flexibility index (Phi) is 5.55. The van der Waals surface area contributed by atoms with E-state index in [1.165, 1.54) is 0 Å². The van der Waals surface area contributed by atoms with Gasteiger partial charge in [0.1, 0.15) is 11.6 Å². The molecule has 26 heavy (non-hydrogen) atoms. The summed E-state index contributed by atoms with van der Waals surface area (Å²) in [6, 6.07) is 2.99. The van der Waals surface area contributed by atoms with Crippen LogP contribution in [-0.4, -0.2) is 35.9 Å². The third-order valence-electron chi connectivity index (χ3n) is 5.67. The van der Waals surface area contributed by atoms with E-state index in [9.17, 15) is 22.4 Å². The summed E-state index contributed by atoms with van der Waals surface area (Å²) >= 11 is 0. The number of amides is 1. The van der Waals surface area contributed by atoms with Crippen molar-refractivity contribution in [2.75, 3.05) is 13.1 Å². The lowest BCUT2D eigenvalue weighted by Crippen LogP contribution is -2.45. The van der Waals surface area contributed by atoms with E-state index in [0.29, 0.717) is 25.9 Å². The number of hydrogen-bond acceptors (Lipinski definition) is 2. The van der Waals surface area contributed by atoms with Gasteiger partial charge >= 0.3 is 0 Å². The molecule has 1 aliphatic carbocycles. The largest absolute Gasteiger partial charge is 0.342 e. The van der Waals surface area contributed by atoms with Crippen molar-refractivity contribution < 1.29 is 22.4 Å². The number of nitrogens with zero attached hydrogens (tertiary/aromatic N) is 1. The van der Waals surface area contributed by atoms with Crippen molar-refractivity contribution >= 4 is 5.91 Å². The van der Waals surface area contributed by atoms with Gasteiger partial charge in [0.25, 0.3) is 0 Å². The molecule has 1 saturated heterocycles. The number of halogens is 4. The van der Waals surface area contributed by atoms with Crippen LogP contribution in [0.4, 0.5) is 17.6 Å². The lowest BCUT2D eigenvalue weighted by atomic mass is 9.86. The van der Waals surface area contributed by atoms with Crippen LogP contribution in [0.15, 0.2) is 18.2 Å². The van der Waals surface area contributed by atoms with Gasteiger partial charge in [0.05, 0.1) is 0 Å². The van der Waals surface area contributed by atoms with Crippen molar-refractivity contribution in [3.8, 4) is 0 Å². The van der Waals surface area contributed by atoms with E-state index in [1.54, 1.807) is 4.90 Å². The molecule has 1 aromatic carbocycles. The van der Waals surface area contributed by atoms with Crippen LogP contribution in [0.25, 0.3) is 0 Å². The van der Waals surface area contributed by atoms with Gasteiger partial charge in [-0.2, -0.15) is 0 Å². The molecule has 2 aliphatic rings. The van der Waals surface area contributed by atoms with Crippen LogP contribution in [0.5, 0.6) is 0 Å². The molecule has 0 radical (unpaired) electrons. The maximum atomic E-state index is 13.8. The number of hydrogen-bond donors (Lipinski definition) is 1. The molecule has 2 fully saturated rings. The zero-order valence-corrected chi connectivity index (χ0v) is 14.6. The Morgan fingerprint density at radius 3 is 2.54 bits per heavy atom. The number of carbonyl (C=O) groups is 1. The quantitative estimate of drug-likeness (QED) is 0.823. The first kappa shape index (κ1) is 19.1. The van der Waals surface area contributed by atoms with Gasteiger partial charge in [0, 0.05) is 37.9 Å². The van der Waals surface area contributed by atoms with Crippen LogP contribution in [0, 0.1) is 23.5 Å². The predicted molar refractivity (Wildman–Crippen MR) is 89.6 cm³/mol. The van der Waals surface area contributed by atoms with Gasteiger partial charge in [-0.1, -0.05) is 0 Å². The summed E-state index contributed by atoms with van der Waals surface area (Å²) < 4.78 is 53.7. The summed E-state index contributed by atoms with van der Waals surface area (Å²) in [7, 11) is 0. The molecular formula is C19H24F4N2O. The van der Waals surface area contributed by atoms with Gasteiger partial charge in [-0.15, -0.1) is 0 Å². The van der Waals surface area contributed by atoms with Gasteiger partial charge in [-0.25, -0.2) is 17.6 Å². The predicted octanol–water partition coefficient (Wildman–Crippen LogP) is 3.51. The van der Waals surface area contributed by atoms with Gasteiger partial charge in [-0.3, -0.25) is 4.79 Å². The van der Waals surface area contributed by atoms with Gasteiger partial charge in [0.2, 0.25) is 11.8 Å². The summed E-state index contributed by atoms with van der Waals surface area (Å²) in [6.45, 7) is 0.954. The lowest BCUT2D eigenvalue weighted by Gasteiger charge is -2.36. The third-order valence-corrected chi connectivity index (χ3v) is 5.67. The summed E-state index contributed by atoms with van der Waals surface area (Å²) in [5.74, 6) is -4.39. The molecule has 1 heterocycles. The fraction of sp³-hybridized carbons (Fsp3) is 0.632. The highest BCUT2D eigenvalue weighted by Gasteiger charge is 2.44. The molecule has 2 atom stereocenters. The molecule has 144 valence electrons. The molecule has 0 bridgehead atoms. The Morgan fingerprint density at radius 2 is 1.92 bits per heavy atom. The minimum absolute atomic E-state index is 0.0896. The smallest absolute Gasteiger partial charge is 0.248 e. The summed E-state index contributed by atoms with van der Waals surface area (Å²) in [6.07, 6.45) is 1.19. The van der Waals surface area contributed by atoms with Crippen LogP contribution < -0.4 is 5.73 Å². The van der Waals surface area contributed by atoms with E-state index in [-0.39, 0.29) is 49.1 Å². The number of nitrogens with two attached hydrogens (primary N) is 1. The van der Waals surface area contributed by atoms with Crippen molar-refractivity contribution in [1.82, 2.24) is 4.90 Å². The normalized spacial score (nSPS) is 24.7. The van der Waals surface area contributed by atoms with Crippen molar-refractivity contribution in [3.63, 3.8) is 0 Å². The minimum Gasteiger partial charge on any atom is -0.342 e. The van der Waals surface area contributed by atoms with Crippen molar-refractivity contribution in [2.45, 2.75) is 50.5 Å². The van der Waals surface area contributed by atoms with Gasteiger partial charge in [-0.05, 0) is 55.4 Å². The first-order valence-electron chi connectivity index (χ1n) is 9.11. The maximum absolute atomic E-state index is 13.8. The summed E-state index contributed by atoms with van der Waals surface area (Å²) in [5, 5.41) is 0. The van der Waals surface area contributed by atoms with Crippen molar-refractivity contribution in [1.29, 1.82) is 0 Å². The second kappa shape index (κ2) is 7.55. The van der Waals surface area contributed by atoms with Crippen LogP contribution in [0.2, 0.25) is 0 Å². The first-order chi connectivity index (χ1) is 12.2. The van der Waals surface area contributed by atoms with Gasteiger partial charge < -0.3 is 10.6 Å². The van der Waals surface area contributed by atoms with E-state index >= 15 is 0 Å². The van der Waals surface area contributed by atoms with E-state index in [4.69, 9.17) is 5.73 Å². The number of likely N-dealkylation sites (tertiary alicyclic amines) is 1. The van der Waals surface area contributed by atoms with E-state index < -0.39 is 23.5 Å². The minimum atomic E-state index is -2.73. The zero-order valence-electron chi connectivity index (χ0n) is 14.6. The Morgan fingerprint density at radius 1 is 1.23 bits per heavy atom. The average molecular weight is 372 g/mol. The maximum Gasteiger partial charge on any atom is 0.248 e. The zero-order chi connectivity index (χ0) is 18.9. The van der Waals surface area contributed by atoms with E-state index in [1.807, 2.05) is 0 Å². The van der Waals surface area contributed by atoms with Crippen LogP contribution in [0.1, 0.15) is 37.7 Å². The Balaban J connectivity index is 1.51. The molecular weight excluding hydrogens is 348 g/mol. The van der Waals surface area contributed by atoms with Crippen molar-refractivity contribution in [2.24, 2.45) is 17.6 Å². The molecule has 1 aliphatic heterocycles. The van der Waals surface area contributed by atoms with Crippen LogP contribution in [-0.2, 0) is 11.2 Å². The molecule has 7 heteroatoms. The second-order valence-electron chi connectivity index (χ2n) is 7.56. The average Bonchev–Trinajstić information content (AvgIpc) is 2.97. The molecule has 3 rings (SSSR count). The molecule has 0 spiro atoms. The molecule has 1 saturated carbocycles. The van der Waals surface area contributed by atoms with E-state index in [0.717, 1.165) is 18.2 Å². The fourth-order valence-corrected chi connectivity index (χ4v) is 4.09. The van der Waals surface area contributed by atoms with E-state index in [2.05, 4.69) is 0 Å². The van der Waals surface area contributed by atoms with Crippen molar-refractivity contribution in [3.05, 3.63) is 35.4 Å². The monoisotopic (exact) mass is 372 g/mol. The number of alkyl halides is 2. The highest BCUT2D eigenvalue weighted by Crippen LogP contribution is 2.40. The number of rotatable bonds is 4. The molecule has 1 aromatic rings. The summed E-state index contributed by atoms with van der Waals surface area (Å²) in [4.78, 5) is 14.1. The summed E-state index contributed by atoms with van der Waals surface area (Å²) in [5.41, 5.74) is 6.44. The topological polar surface area (TPSA) is 46.3 Å². The number of piperidine rings is 1. The molecule has 3 nitrogen and oxygen atoms in total. The highest BCUT2D eigenvalue weighted by molar-refractivity contribution is 5.79. The Labute approximate surface area is 150 Å². The van der Waals surface area contributed by atoms with Gasteiger partial charge in [0.15, 0.2) is 0 Å². The molecule has 1 amide bonds. The fourth-order valence-electron chi connectivity index (χ4n) is 4.09. The Bertz CT molecular complexity index is 659. The number of benzene rings is 1. The third kappa shape index (κ3) is 4.37. The molecule has 2 unspecified atom stereocenters. The Hall–Kier alpha value is -1.63. The molecule has 2 N–H and O–H groups in total. The first-order valence-corrected chi connectivity index (χ1v) is 9.11. The van der Waals surface area contributed by atoms with Crippen LogP contribution in [0.3, 0.4) is 0 Å². The van der Waals surface area contributed by atoms with Crippen LogP contribution >= 0.6 is 0 Å². The second-order valence-corrected chi connectivity index (χ2v) is 7.56.